The molecule has 2 amide bonds. The van der Waals surface area contributed by atoms with Crippen molar-refractivity contribution in [3.05, 3.63) is 89.5 Å². The minimum absolute atomic E-state index is 0.0305. The summed E-state index contributed by atoms with van der Waals surface area (Å²) in [5.74, 6) is -0.836. The minimum Gasteiger partial charge on any atom is -0.377 e. The molecular weight excluding hydrogens is 378 g/mol. The summed E-state index contributed by atoms with van der Waals surface area (Å²) in [5.41, 5.74) is 8.72. The Bertz CT molecular complexity index is 1040. The number of nitrogens with two attached hydrogens (primary N) is 1. The van der Waals surface area contributed by atoms with Crippen LogP contribution >= 0.6 is 0 Å². The topological polar surface area (TPSA) is 79.6 Å². The van der Waals surface area contributed by atoms with Crippen LogP contribution in [0.5, 0.6) is 5.75 Å². The van der Waals surface area contributed by atoms with Gasteiger partial charge >= 0.3 is 6.03 Å². The Morgan fingerprint density at radius 3 is 2.55 bits per heavy atom. The van der Waals surface area contributed by atoms with Crippen molar-refractivity contribution in [3.8, 4) is 5.75 Å². The van der Waals surface area contributed by atoms with Gasteiger partial charge in [-0.3, -0.25) is 0 Å². The fourth-order valence-electron chi connectivity index (χ4n) is 3.10. The maximum atomic E-state index is 13.2. The number of carbonyl (C=O) groups is 1. The van der Waals surface area contributed by atoms with Gasteiger partial charge in [0.15, 0.2) is 5.75 Å². The van der Waals surface area contributed by atoms with Crippen molar-refractivity contribution in [2.45, 2.75) is 12.7 Å². The third-order valence-electron chi connectivity index (χ3n) is 4.43. The van der Waals surface area contributed by atoms with Crippen molar-refractivity contribution in [3.63, 3.8) is 0 Å². The number of rotatable bonds is 4. The lowest BCUT2D eigenvalue weighted by molar-refractivity contribution is 0.251. The largest absolute Gasteiger partial charge is 0.377 e. The van der Waals surface area contributed by atoms with Crippen LogP contribution in [0.25, 0.3) is 0 Å². The van der Waals surface area contributed by atoms with E-state index in [1.165, 1.54) is 0 Å². The van der Waals surface area contributed by atoms with E-state index in [9.17, 15) is 13.6 Å². The van der Waals surface area contributed by atoms with E-state index in [0.29, 0.717) is 5.75 Å². The number of para-hydroxylation sites is 1. The minimum atomic E-state index is -0.768. The third kappa shape index (κ3) is 4.12. The number of halogens is 2. The number of hydrogen-bond acceptors (Lipinski definition) is 4. The number of nitrogens with one attached hydrogen (secondary N) is 2. The Kier molecular flexibility index (Phi) is 5.01. The fourth-order valence-corrected chi connectivity index (χ4v) is 3.10. The lowest BCUT2D eigenvalue weighted by Crippen LogP contribution is -2.32. The molecule has 1 heterocycles. The smallest absolute Gasteiger partial charge is 0.319 e. The Labute approximate surface area is 165 Å². The van der Waals surface area contributed by atoms with Crippen molar-refractivity contribution in [1.29, 1.82) is 0 Å². The summed E-state index contributed by atoms with van der Waals surface area (Å²) in [7, 11) is 0. The number of nitrogens with zero attached hydrogens (tertiary/aromatic N) is 1. The highest BCUT2D eigenvalue weighted by molar-refractivity contribution is 5.89. The van der Waals surface area contributed by atoms with Gasteiger partial charge in [-0.15, -0.1) is 0 Å². The summed E-state index contributed by atoms with van der Waals surface area (Å²) in [4.78, 5) is 17.9. The van der Waals surface area contributed by atoms with Gasteiger partial charge in [0.1, 0.15) is 17.8 Å². The second-order valence-corrected chi connectivity index (χ2v) is 6.54. The summed E-state index contributed by atoms with van der Waals surface area (Å²) < 4.78 is 26.4. The lowest BCUT2D eigenvalue weighted by Gasteiger charge is -2.22. The van der Waals surface area contributed by atoms with E-state index in [2.05, 4.69) is 10.6 Å². The average Bonchev–Trinajstić information content (AvgIpc) is 3.03. The molecule has 29 heavy (non-hydrogen) atoms. The normalized spacial score (nSPS) is 14.9. The number of benzene rings is 3. The Balaban J connectivity index is 1.40. The molecule has 0 aromatic heterocycles. The molecule has 0 radical (unpaired) electrons. The number of fused-ring (bicyclic) bond motifs is 1. The molecule has 4 N–H and O–H groups in total. The van der Waals surface area contributed by atoms with Crippen molar-refractivity contribution in [2.24, 2.45) is 5.73 Å². The fraction of sp³-hybridized carbons (Fsp3) is 0.0952. The van der Waals surface area contributed by atoms with Gasteiger partial charge in [0, 0.05) is 23.9 Å². The molecule has 1 aliphatic rings. The molecule has 0 bridgehead atoms. The first-order chi connectivity index (χ1) is 14.0. The molecule has 4 rings (SSSR count). The molecular formula is C21H18F2N4O2. The number of hydroxylamine groups is 1. The molecule has 0 saturated heterocycles. The van der Waals surface area contributed by atoms with Crippen molar-refractivity contribution in [1.82, 2.24) is 5.32 Å². The summed E-state index contributed by atoms with van der Waals surface area (Å²) in [6, 6.07) is 17.1. The van der Waals surface area contributed by atoms with Gasteiger partial charge in [0.25, 0.3) is 0 Å². The molecule has 8 heteroatoms. The lowest BCUT2D eigenvalue weighted by atomic mass is 10.1. The Morgan fingerprint density at radius 2 is 1.79 bits per heavy atom. The number of hydrogen-bond donors (Lipinski definition) is 3. The standard InChI is InChI=1S/C21H18F2N4O2/c22-14-9-15(23)11-16(10-14)26-21(28)25-12-13-4-3-5-17(8-13)27-20(24)18-6-1-2-7-19(18)29-27/h1-11,20H,12,24H2,(H2,25,26,28). The highest BCUT2D eigenvalue weighted by Gasteiger charge is 2.29. The SMILES string of the molecule is NC1c2ccccc2ON1c1cccc(CNC(=O)Nc2cc(F)cc(F)c2)c1. The van der Waals surface area contributed by atoms with Crippen LogP contribution in [0.1, 0.15) is 17.3 Å². The van der Waals surface area contributed by atoms with E-state index >= 15 is 0 Å². The molecule has 0 aliphatic carbocycles. The molecule has 0 spiro atoms. The zero-order valence-electron chi connectivity index (χ0n) is 15.2. The van der Waals surface area contributed by atoms with Crippen LogP contribution in [0.3, 0.4) is 0 Å². The number of urea groups is 1. The monoisotopic (exact) mass is 396 g/mol. The highest BCUT2D eigenvalue weighted by atomic mass is 19.1. The first-order valence-electron chi connectivity index (χ1n) is 8.91. The molecule has 0 fully saturated rings. The first kappa shape index (κ1) is 18.7. The number of anilines is 2. The Hall–Kier alpha value is -3.65. The molecule has 1 unspecified atom stereocenters. The highest BCUT2D eigenvalue weighted by Crippen LogP contribution is 2.37. The van der Waals surface area contributed by atoms with Crippen LogP contribution < -0.4 is 26.3 Å². The van der Waals surface area contributed by atoms with Crippen LogP contribution in [0.2, 0.25) is 0 Å². The van der Waals surface area contributed by atoms with Crippen LogP contribution in [0, 0.1) is 11.6 Å². The van der Waals surface area contributed by atoms with Crippen LogP contribution in [0.4, 0.5) is 25.0 Å². The first-order valence-corrected chi connectivity index (χ1v) is 8.91. The quantitative estimate of drug-likeness (QED) is 0.621. The summed E-state index contributed by atoms with van der Waals surface area (Å²) in [6.45, 7) is 0.202. The predicted octanol–water partition coefficient (Wildman–Crippen LogP) is 4.06. The van der Waals surface area contributed by atoms with Gasteiger partial charge in [0.2, 0.25) is 0 Å². The van der Waals surface area contributed by atoms with Crippen molar-refractivity contribution in [2.75, 3.05) is 10.4 Å². The summed E-state index contributed by atoms with van der Waals surface area (Å²) >= 11 is 0. The zero-order valence-corrected chi connectivity index (χ0v) is 15.2. The van der Waals surface area contributed by atoms with Crippen molar-refractivity contribution >= 4 is 17.4 Å². The average molecular weight is 396 g/mol. The zero-order chi connectivity index (χ0) is 20.4. The summed E-state index contributed by atoms with van der Waals surface area (Å²) in [5, 5.41) is 6.65. The third-order valence-corrected chi connectivity index (χ3v) is 4.43. The number of carbonyl (C=O) groups excluding carboxylic acids is 1. The van der Waals surface area contributed by atoms with Gasteiger partial charge < -0.3 is 21.2 Å². The Morgan fingerprint density at radius 1 is 1.03 bits per heavy atom. The molecule has 3 aromatic carbocycles. The summed E-state index contributed by atoms with van der Waals surface area (Å²) in [6.07, 6.45) is -0.444. The van der Waals surface area contributed by atoms with E-state index < -0.39 is 23.8 Å². The van der Waals surface area contributed by atoms with E-state index in [1.807, 2.05) is 48.5 Å². The van der Waals surface area contributed by atoms with Gasteiger partial charge in [0.05, 0.1) is 5.69 Å². The maximum absolute atomic E-state index is 13.2. The van der Waals surface area contributed by atoms with E-state index in [1.54, 1.807) is 5.06 Å². The van der Waals surface area contributed by atoms with Crippen LogP contribution in [0.15, 0.2) is 66.7 Å². The molecule has 148 valence electrons. The van der Waals surface area contributed by atoms with Crippen LogP contribution in [-0.4, -0.2) is 6.03 Å². The maximum Gasteiger partial charge on any atom is 0.319 e. The molecule has 6 nitrogen and oxygen atoms in total. The van der Waals surface area contributed by atoms with Crippen molar-refractivity contribution < 1.29 is 18.4 Å². The van der Waals surface area contributed by atoms with E-state index in [0.717, 1.165) is 35.0 Å². The van der Waals surface area contributed by atoms with Crippen LogP contribution in [-0.2, 0) is 6.54 Å². The molecule has 0 saturated carbocycles. The molecule has 1 aliphatic heterocycles. The molecule has 1 atom stereocenters. The van der Waals surface area contributed by atoms with Gasteiger partial charge in [-0.2, -0.15) is 5.06 Å². The second-order valence-electron chi connectivity index (χ2n) is 6.54. The van der Waals surface area contributed by atoms with E-state index in [-0.39, 0.29) is 12.2 Å². The second kappa shape index (κ2) is 7.76. The number of amides is 2. The van der Waals surface area contributed by atoms with E-state index in [4.69, 9.17) is 10.6 Å². The van der Waals surface area contributed by atoms with Gasteiger partial charge in [-0.1, -0.05) is 30.3 Å². The van der Waals surface area contributed by atoms with Gasteiger partial charge in [-0.05, 0) is 35.9 Å². The molecule has 3 aromatic rings. The predicted molar refractivity (Wildman–Crippen MR) is 105 cm³/mol. The van der Waals surface area contributed by atoms with Gasteiger partial charge in [-0.25, -0.2) is 13.6 Å².